The van der Waals surface area contributed by atoms with Gasteiger partial charge >= 0.3 is 0 Å². The minimum absolute atomic E-state index is 0.215. The predicted octanol–water partition coefficient (Wildman–Crippen LogP) is 1.53. The average molecular weight is 248 g/mol. The fourth-order valence-corrected chi connectivity index (χ4v) is 1.69. The molecule has 0 aliphatic heterocycles. The number of hydrogen-bond acceptors (Lipinski definition) is 3. The van der Waals surface area contributed by atoms with Crippen LogP contribution in [0, 0.1) is 0 Å². The third-order valence-electron chi connectivity index (χ3n) is 2.15. The second-order valence-electron chi connectivity index (χ2n) is 3.48. The van der Waals surface area contributed by atoms with Crippen molar-refractivity contribution in [3.05, 3.63) is 23.3 Å². The van der Waals surface area contributed by atoms with Gasteiger partial charge in [0.25, 0.3) is 0 Å². The van der Waals surface area contributed by atoms with Crippen LogP contribution in [0.5, 0.6) is 0 Å². The summed E-state index contributed by atoms with van der Waals surface area (Å²) in [5.41, 5.74) is 5.70. The zero-order valence-corrected chi connectivity index (χ0v) is 9.68. The Kier molecular flexibility index (Phi) is 3.71. The lowest BCUT2D eigenvalue weighted by molar-refractivity contribution is -0.126. The predicted molar refractivity (Wildman–Crippen MR) is 59.9 cm³/mol. The first-order valence-electron chi connectivity index (χ1n) is 4.40. The summed E-state index contributed by atoms with van der Waals surface area (Å²) >= 11 is 11.8. The van der Waals surface area contributed by atoms with E-state index in [0.29, 0.717) is 5.03 Å². The molecule has 0 aromatic heterocycles. The Balaban J connectivity index is 2.89. The van der Waals surface area contributed by atoms with Gasteiger partial charge in [0, 0.05) is 5.03 Å². The summed E-state index contributed by atoms with van der Waals surface area (Å²) in [6.45, 7) is 1.33. The minimum atomic E-state index is -1.34. The van der Waals surface area contributed by atoms with E-state index in [9.17, 15) is 9.59 Å². The molecule has 15 heavy (non-hydrogen) atoms. The summed E-state index contributed by atoms with van der Waals surface area (Å²) in [4.78, 5) is 21.2. The van der Waals surface area contributed by atoms with Crippen LogP contribution in [-0.4, -0.2) is 22.5 Å². The molecule has 0 heterocycles. The number of alkyl halides is 1. The third kappa shape index (κ3) is 2.68. The molecule has 1 aliphatic carbocycles. The van der Waals surface area contributed by atoms with Crippen LogP contribution < -0.4 is 5.73 Å². The summed E-state index contributed by atoms with van der Waals surface area (Å²) < 4.78 is 0. The lowest BCUT2D eigenvalue weighted by Crippen LogP contribution is -2.48. The Bertz CT molecular complexity index is 362. The molecule has 0 fully saturated rings. The maximum atomic E-state index is 11.7. The molecule has 0 aromatic rings. The quantitative estimate of drug-likeness (QED) is 0.608. The van der Waals surface area contributed by atoms with E-state index in [1.165, 1.54) is 25.2 Å². The van der Waals surface area contributed by atoms with Crippen molar-refractivity contribution in [2.75, 3.05) is 0 Å². The Morgan fingerprint density at radius 3 is 2.67 bits per heavy atom. The standard InChI is InChI=1S/C10H11Cl2NO2/c1-6(14)4-9(15)10(12)3-2-7(11)5-8(10)13/h2-3,5,8H,4,13H2,1H3. The number of nitrogens with two attached hydrogens (primary N) is 1. The van der Waals surface area contributed by atoms with Gasteiger partial charge in [-0.15, -0.1) is 11.6 Å². The van der Waals surface area contributed by atoms with E-state index in [-0.39, 0.29) is 12.2 Å². The van der Waals surface area contributed by atoms with Crippen LogP contribution in [0.25, 0.3) is 0 Å². The highest BCUT2D eigenvalue weighted by molar-refractivity contribution is 6.40. The lowest BCUT2D eigenvalue weighted by Gasteiger charge is -2.28. The number of carbonyl (C=O) groups excluding carboxylic acids is 2. The van der Waals surface area contributed by atoms with Crippen LogP contribution >= 0.6 is 23.2 Å². The number of halogens is 2. The Morgan fingerprint density at radius 1 is 1.60 bits per heavy atom. The lowest BCUT2D eigenvalue weighted by atomic mass is 9.88. The third-order valence-corrected chi connectivity index (χ3v) is 2.99. The molecular formula is C10H11Cl2NO2. The van der Waals surface area contributed by atoms with Gasteiger partial charge in [-0.2, -0.15) is 0 Å². The van der Waals surface area contributed by atoms with Crippen LogP contribution in [0.3, 0.4) is 0 Å². The Hall–Kier alpha value is -0.640. The van der Waals surface area contributed by atoms with E-state index in [1.54, 1.807) is 0 Å². The summed E-state index contributed by atoms with van der Waals surface area (Å²) in [6.07, 6.45) is 4.22. The average Bonchev–Trinajstić information content (AvgIpc) is 2.11. The van der Waals surface area contributed by atoms with Crippen molar-refractivity contribution in [1.82, 2.24) is 0 Å². The van der Waals surface area contributed by atoms with Crippen molar-refractivity contribution in [3.63, 3.8) is 0 Å². The molecule has 0 aromatic carbocycles. The topological polar surface area (TPSA) is 60.2 Å². The smallest absolute Gasteiger partial charge is 0.166 e. The van der Waals surface area contributed by atoms with Gasteiger partial charge in [-0.1, -0.05) is 17.7 Å². The van der Waals surface area contributed by atoms with Crippen molar-refractivity contribution < 1.29 is 9.59 Å². The SMILES string of the molecule is CC(=O)CC(=O)C1(Cl)C=CC(Cl)=CC1N. The summed E-state index contributed by atoms with van der Waals surface area (Å²) in [5.74, 6) is -0.637. The summed E-state index contributed by atoms with van der Waals surface area (Å²) in [6, 6.07) is -0.705. The number of allylic oxidation sites excluding steroid dienone is 2. The normalized spacial score (nSPS) is 29.9. The monoisotopic (exact) mass is 247 g/mol. The number of hydrogen-bond donors (Lipinski definition) is 1. The fraction of sp³-hybridized carbons (Fsp3) is 0.400. The second kappa shape index (κ2) is 4.47. The van der Waals surface area contributed by atoms with Gasteiger partial charge in [0.15, 0.2) is 5.78 Å². The molecule has 82 valence electrons. The molecule has 0 bridgehead atoms. The first-order valence-corrected chi connectivity index (χ1v) is 5.15. The van der Waals surface area contributed by atoms with E-state index in [4.69, 9.17) is 28.9 Å². The van der Waals surface area contributed by atoms with Gasteiger partial charge in [0.1, 0.15) is 10.7 Å². The molecule has 0 radical (unpaired) electrons. The maximum Gasteiger partial charge on any atom is 0.166 e. The molecule has 0 saturated heterocycles. The Labute approximate surface area is 97.9 Å². The first-order chi connectivity index (χ1) is 6.86. The fourth-order valence-electron chi connectivity index (χ4n) is 1.30. The molecule has 0 spiro atoms. The molecule has 2 atom stereocenters. The van der Waals surface area contributed by atoms with E-state index in [0.717, 1.165) is 0 Å². The Morgan fingerprint density at radius 2 is 2.20 bits per heavy atom. The van der Waals surface area contributed by atoms with Gasteiger partial charge in [0.2, 0.25) is 0 Å². The van der Waals surface area contributed by atoms with Gasteiger partial charge in [-0.05, 0) is 19.1 Å². The molecule has 0 saturated carbocycles. The van der Waals surface area contributed by atoms with Gasteiger partial charge in [0.05, 0.1) is 12.5 Å². The number of ketones is 2. The van der Waals surface area contributed by atoms with Crippen molar-refractivity contribution >= 4 is 34.8 Å². The van der Waals surface area contributed by atoms with Crippen LogP contribution in [0.15, 0.2) is 23.3 Å². The highest BCUT2D eigenvalue weighted by atomic mass is 35.5. The molecule has 0 amide bonds. The number of rotatable bonds is 3. The van der Waals surface area contributed by atoms with Gasteiger partial charge < -0.3 is 5.73 Å². The molecule has 2 N–H and O–H groups in total. The second-order valence-corrected chi connectivity index (χ2v) is 4.54. The van der Waals surface area contributed by atoms with Crippen molar-refractivity contribution in [1.29, 1.82) is 0 Å². The highest BCUT2D eigenvalue weighted by Gasteiger charge is 2.40. The molecule has 2 unspecified atom stereocenters. The van der Waals surface area contributed by atoms with E-state index >= 15 is 0 Å². The van der Waals surface area contributed by atoms with E-state index in [1.807, 2.05) is 0 Å². The summed E-state index contributed by atoms with van der Waals surface area (Å²) in [5, 5.41) is 0.439. The summed E-state index contributed by atoms with van der Waals surface area (Å²) in [7, 11) is 0. The maximum absolute atomic E-state index is 11.7. The molecular weight excluding hydrogens is 237 g/mol. The zero-order chi connectivity index (χ0) is 11.6. The van der Waals surface area contributed by atoms with Crippen LogP contribution in [0.2, 0.25) is 0 Å². The van der Waals surface area contributed by atoms with Crippen LogP contribution in [-0.2, 0) is 9.59 Å². The van der Waals surface area contributed by atoms with Crippen molar-refractivity contribution in [2.45, 2.75) is 24.3 Å². The van der Waals surface area contributed by atoms with Crippen molar-refractivity contribution in [3.8, 4) is 0 Å². The molecule has 1 rings (SSSR count). The van der Waals surface area contributed by atoms with E-state index < -0.39 is 16.7 Å². The highest BCUT2D eigenvalue weighted by Crippen LogP contribution is 2.30. The number of Topliss-reactive ketones (excluding diaryl/α,β-unsaturated/α-hetero) is 2. The van der Waals surface area contributed by atoms with Crippen LogP contribution in [0.1, 0.15) is 13.3 Å². The molecule has 1 aliphatic rings. The molecule has 3 nitrogen and oxygen atoms in total. The van der Waals surface area contributed by atoms with Crippen molar-refractivity contribution in [2.24, 2.45) is 5.73 Å². The minimum Gasteiger partial charge on any atom is -0.322 e. The zero-order valence-electron chi connectivity index (χ0n) is 8.17. The number of carbonyl (C=O) groups is 2. The van der Waals surface area contributed by atoms with Gasteiger partial charge in [-0.3, -0.25) is 9.59 Å². The van der Waals surface area contributed by atoms with E-state index in [2.05, 4.69) is 0 Å². The van der Waals surface area contributed by atoms with Crippen LogP contribution in [0.4, 0.5) is 0 Å². The first kappa shape index (κ1) is 12.4. The van der Waals surface area contributed by atoms with Gasteiger partial charge in [-0.25, -0.2) is 0 Å². The largest absolute Gasteiger partial charge is 0.322 e. The molecule has 5 heteroatoms.